The third-order valence-electron chi connectivity index (χ3n) is 5.00. The Kier molecular flexibility index (Phi) is 5.85. The number of nitrogens with one attached hydrogen (secondary N) is 1. The molecule has 0 bridgehead atoms. The summed E-state index contributed by atoms with van der Waals surface area (Å²) < 4.78 is 37.9. The van der Waals surface area contributed by atoms with Crippen LogP contribution >= 0.6 is 22.4 Å². The summed E-state index contributed by atoms with van der Waals surface area (Å²) in [4.78, 5) is 12.1. The first kappa shape index (κ1) is 22.8. The maximum absolute atomic E-state index is 14.0. The van der Waals surface area contributed by atoms with Crippen LogP contribution in [0.25, 0.3) is 6.08 Å². The van der Waals surface area contributed by atoms with Crippen molar-refractivity contribution in [1.82, 2.24) is 15.0 Å². The molecule has 0 fully saturated rings. The molecule has 0 saturated carbocycles. The monoisotopic (exact) mass is 487 g/mol. The van der Waals surface area contributed by atoms with Crippen molar-refractivity contribution in [2.75, 3.05) is 15.4 Å². The Balaban J connectivity index is 1.88. The van der Waals surface area contributed by atoms with Crippen molar-refractivity contribution in [1.29, 1.82) is 5.26 Å². The van der Waals surface area contributed by atoms with E-state index in [0.717, 1.165) is 12.3 Å². The van der Waals surface area contributed by atoms with Gasteiger partial charge in [0.25, 0.3) is 0 Å². The number of halogens is 2. The number of fused-ring (bicyclic) bond motifs is 1. The van der Waals surface area contributed by atoms with Gasteiger partial charge in [0, 0.05) is 11.6 Å². The molecule has 33 heavy (non-hydrogen) atoms. The number of hydrogen-bond donors (Lipinski definition) is 4. The van der Waals surface area contributed by atoms with Gasteiger partial charge in [0.1, 0.15) is 28.2 Å². The SMILES string of the molecule is Cc1nc(N)nc(N[C@@H](C)C2=Cc3cccc(Cl)c3S(O)(O)N2c2cncc(F)c2)c1C#N. The van der Waals surface area contributed by atoms with Crippen LogP contribution in [0.3, 0.4) is 0 Å². The Labute approximate surface area is 195 Å². The van der Waals surface area contributed by atoms with Gasteiger partial charge in [0.15, 0.2) is 0 Å². The molecule has 9 nitrogen and oxygen atoms in total. The minimum atomic E-state index is -3.74. The quantitative estimate of drug-likeness (QED) is 0.407. The fraction of sp³-hybridized carbons (Fsp3) is 0.143. The molecule has 2 aromatic heterocycles. The normalized spacial score (nSPS) is 16.3. The lowest BCUT2D eigenvalue weighted by molar-refractivity contribution is 0.482. The standard InChI is InChI=1S/C21H19ClFN7O2S/c1-11-16(8-24)20(29-21(25)28-11)27-12(2)18-6-13-4-3-5-17(22)19(13)33(31,32)30(18)15-7-14(23)9-26-10-15/h3-7,9-10,12,31-32H,1-2H3,(H3,25,27,28,29)/t12-/m0/s1. The lowest BCUT2D eigenvalue weighted by Crippen LogP contribution is -2.37. The first-order valence-electron chi connectivity index (χ1n) is 9.63. The second kappa shape index (κ2) is 8.49. The molecule has 1 atom stereocenters. The van der Waals surface area contributed by atoms with Crippen LogP contribution in [0.1, 0.15) is 23.7 Å². The van der Waals surface area contributed by atoms with Crippen molar-refractivity contribution in [3.8, 4) is 6.07 Å². The molecule has 0 aliphatic carbocycles. The largest absolute Gasteiger partial charge is 0.368 e. The first-order chi connectivity index (χ1) is 15.6. The summed E-state index contributed by atoms with van der Waals surface area (Å²) in [7, 11) is -3.74. The van der Waals surface area contributed by atoms with Gasteiger partial charge in [-0.25, -0.2) is 13.7 Å². The van der Waals surface area contributed by atoms with E-state index in [-0.39, 0.29) is 32.9 Å². The highest BCUT2D eigenvalue weighted by Crippen LogP contribution is 2.62. The van der Waals surface area contributed by atoms with E-state index in [4.69, 9.17) is 17.3 Å². The van der Waals surface area contributed by atoms with Gasteiger partial charge < -0.3 is 11.1 Å². The lowest BCUT2D eigenvalue weighted by Gasteiger charge is -2.49. The molecule has 0 spiro atoms. The average Bonchev–Trinajstić information content (AvgIpc) is 2.72. The van der Waals surface area contributed by atoms with E-state index in [2.05, 4.69) is 20.3 Å². The summed E-state index contributed by atoms with van der Waals surface area (Å²) in [6, 6.07) is 7.45. The molecule has 3 heterocycles. The zero-order valence-electron chi connectivity index (χ0n) is 17.5. The van der Waals surface area contributed by atoms with Crippen molar-refractivity contribution < 1.29 is 13.5 Å². The molecule has 0 radical (unpaired) electrons. The van der Waals surface area contributed by atoms with E-state index in [1.165, 1.54) is 10.5 Å². The third kappa shape index (κ3) is 4.05. The molecule has 1 aliphatic rings. The third-order valence-corrected chi connectivity index (χ3v) is 7.37. The number of aromatic nitrogens is 3. The molecular formula is C21H19ClFN7O2S. The van der Waals surface area contributed by atoms with E-state index in [0.29, 0.717) is 17.0 Å². The lowest BCUT2D eigenvalue weighted by atomic mass is 10.1. The molecule has 170 valence electrons. The summed E-state index contributed by atoms with van der Waals surface area (Å²) in [5.74, 6) is -0.494. The number of benzene rings is 1. The van der Waals surface area contributed by atoms with E-state index in [1.54, 1.807) is 38.1 Å². The second-order valence-corrected chi connectivity index (χ2v) is 9.49. The summed E-state index contributed by atoms with van der Waals surface area (Å²) in [6.45, 7) is 3.36. The van der Waals surface area contributed by atoms with Gasteiger partial charge in [-0.1, -0.05) is 34.5 Å². The summed E-state index contributed by atoms with van der Waals surface area (Å²) >= 11 is 6.31. The van der Waals surface area contributed by atoms with Crippen LogP contribution in [0, 0.1) is 24.1 Å². The van der Waals surface area contributed by atoms with Crippen LogP contribution in [0.2, 0.25) is 5.02 Å². The zero-order valence-corrected chi connectivity index (χ0v) is 19.1. The highest BCUT2D eigenvalue weighted by molar-refractivity contribution is 8.25. The van der Waals surface area contributed by atoms with Gasteiger partial charge in [-0.05, 0) is 26.0 Å². The van der Waals surface area contributed by atoms with E-state index in [1.807, 2.05) is 6.07 Å². The Bertz CT molecular complexity index is 1330. The maximum Gasteiger partial charge on any atom is 0.222 e. The summed E-state index contributed by atoms with van der Waals surface area (Å²) in [5.41, 5.74) is 7.31. The number of rotatable bonds is 4. The molecule has 1 aromatic carbocycles. The van der Waals surface area contributed by atoms with Crippen molar-refractivity contribution in [2.45, 2.75) is 24.8 Å². The van der Waals surface area contributed by atoms with Crippen LogP contribution in [0.4, 0.5) is 21.8 Å². The molecule has 4 rings (SSSR count). The number of pyridine rings is 1. The Morgan fingerprint density at radius 2 is 2.06 bits per heavy atom. The van der Waals surface area contributed by atoms with E-state index in [9.17, 15) is 18.8 Å². The summed E-state index contributed by atoms with van der Waals surface area (Å²) in [5, 5.41) is 12.8. The second-order valence-electron chi connectivity index (χ2n) is 7.27. The Morgan fingerprint density at radius 1 is 1.30 bits per heavy atom. The number of nitrogen functional groups attached to an aromatic ring is 1. The highest BCUT2D eigenvalue weighted by atomic mass is 35.5. The van der Waals surface area contributed by atoms with Crippen molar-refractivity contribution >= 4 is 45.9 Å². The molecule has 3 aromatic rings. The smallest absolute Gasteiger partial charge is 0.222 e. The highest BCUT2D eigenvalue weighted by Gasteiger charge is 2.38. The molecule has 0 unspecified atom stereocenters. The van der Waals surface area contributed by atoms with Gasteiger partial charge in [-0.3, -0.25) is 14.1 Å². The number of aryl methyl sites for hydroxylation is 1. The molecular weight excluding hydrogens is 469 g/mol. The van der Waals surface area contributed by atoms with Crippen LogP contribution in [0.5, 0.6) is 0 Å². The maximum atomic E-state index is 14.0. The minimum absolute atomic E-state index is 0.0218. The van der Waals surface area contributed by atoms with Gasteiger partial charge in [-0.15, -0.1) is 0 Å². The van der Waals surface area contributed by atoms with Crippen molar-refractivity contribution in [2.24, 2.45) is 0 Å². The topological polar surface area (TPSA) is 144 Å². The molecule has 12 heteroatoms. The number of nitrogens with two attached hydrogens (primary N) is 1. The number of nitrogens with zero attached hydrogens (tertiary/aromatic N) is 5. The zero-order chi connectivity index (χ0) is 23.9. The predicted molar refractivity (Wildman–Crippen MR) is 126 cm³/mol. The number of nitriles is 1. The predicted octanol–water partition coefficient (Wildman–Crippen LogP) is 4.81. The Hall–Kier alpha value is -3.43. The van der Waals surface area contributed by atoms with Gasteiger partial charge >= 0.3 is 0 Å². The van der Waals surface area contributed by atoms with Gasteiger partial charge in [0.2, 0.25) is 5.95 Å². The van der Waals surface area contributed by atoms with Crippen molar-refractivity contribution in [3.05, 3.63) is 70.0 Å². The van der Waals surface area contributed by atoms with Crippen molar-refractivity contribution in [3.63, 3.8) is 0 Å². The van der Waals surface area contributed by atoms with Crippen LogP contribution < -0.4 is 15.4 Å². The van der Waals surface area contributed by atoms with E-state index >= 15 is 0 Å². The van der Waals surface area contributed by atoms with Crippen LogP contribution in [0.15, 0.2) is 47.3 Å². The van der Waals surface area contributed by atoms with Gasteiger partial charge in [0.05, 0.1) is 40.5 Å². The molecule has 1 aliphatic heterocycles. The number of anilines is 3. The first-order valence-corrected chi connectivity index (χ1v) is 11.5. The fourth-order valence-electron chi connectivity index (χ4n) is 3.60. The van der Waals surface area contributed by atoms with Crippen LogP contribution in [-0.4, -0.2) is 30.1 Å². The minimum Gasteiger partial charge on any atom is -0.368 e. The van der Waals surface area contributed by atoms with Gasteiger partial charge in [-0.2, -0.15) is 10.2 Å². The fourth-order valence-corrected chi connectivity index (χ4v) is 5.95. The average molecular weight is 488 g/mol. The molecule has 0 amide bonds. The van der Waals surface area contributed by atoms with Crippen LogP contribution in [-0.2, 0) is 0 Å². The molecule has 0 saturated heterocycles. The van der Waals surface area contributed by atoms with E-state index < -0.39 is 22.6 Å². The number of hydrogen-bond acceptors (Lipinski definition) is 9. The Morgan fingerprint density at radius 3 is 2.76 bits per heavy atom. The summed E-state index contributed by atoms with van der Waals surface area (Å²) in [6.07, 6.45) is 4.02. The molecule has 5 N–H and O–H groups in total.